The van der Waals surface area contributed by atoms with E-state index < -0.39 is 10.8 Å². The van der Waals surface area contributed by atoms with Crippen LogP contribution in [0.2, 0.25) is 5.02 Å². The molecule has 8 heteroatoms. The summed E-state index contributed by atoms with van der Waals surface area (Å²) in [5.74, 6) is 1.98. The van der Waals surface area contributed by atoms with E-state index in [0.717, 1.165) is 23.1 Å². The van der Waals surface area contributed by atoms with Crippen LogP contribution < -0.4 is 4.74 Å². The zero-order valence-electron chi connectivity index (χ0n) is 15.3. The number of ether oxygens (including phenoxy) is 2. The fourth-order valence-electron chi connectivity index (χ4n) is 3.05. The van der Waals surface area contributed by atoms with Crippen molar-refractivity contribution in [2.45, 2.75) is 31.5 Å². The maximum Gasteiger partial charge on any atom is 0.239 e. The van der Waals surface area contributed by atoms with E-state index in [0.29, 0.717) is 29.1 Å². The maximum atomic E-state index is 12.7. The molecule has 0 fully saturated rings. The van der Waals surface area contributed by atoms with Crippen LogP contribution in [-0.4, -0.2) is 21.1 Å². The second-order valence-corrected chi connectivity index (χ2v) is 8.35. The monoisotopic (exact) mass is 418 g/mol. The van der Waals surface area contributed by atoms with Gasteiger partial charge in [0, 0.05) is 32.5 Å². The molecule has 1 aliphatic rings. The normalized spacial score (nSPS) is 14.4. The molecule has 0 radical (unpaired) electrons. The van der Waals surface area contributed by atoms with Crippen LogP contribution in [-0.2, 0) is 40.1 Å². The Labute approximate surface area is 170 Å². The highest BCUT2D eigenvalue weighted by Crippen LogP contribution is 2.32. The van der Waals surface area contributed by atoms with Gasteiger partial charge in [0.2, 0.25) is 11.7 Å². The van der Waals surface area contributed by atoms with Gasteiger partial charge >= 0.3 is 0 Å². The predicted octanol–water partition coefficient (Wildman–Crippen LogP) is 4.27. The van der Waals surface area contributed by atoms with Crippen LogP contribution >= 0.6 is 11.6 Å². The number of nitrogens with zero attached hydrogens (tertiary/aromatic N) is 2. The Morgan fingerprint density at radius 1 is 1.18 bits per heavy atom. The average Bonchev–Trinajstić information content (AvgIpc) is 3.16. The standard InChI is InChI=1S/C20H19ClN2O4S/c1-2-13-3-5-14(6-4-13)20-22-18(27-23-20)11-28(24)10-16-8-17(21)7-15-9-25-12-26-19(15)16/h3-8H,2,9-12H2,1H3. The fourth-order valence-corrected chi connectivity index (χ4v) is 4.37. The van der Waals surface area contributed by atoms with E-state index in [2.05, 4.69) is 17.1 Å². The van der Waals surface area contributed by atoms with Crippen LogP contribution in [0.3, 0.4) is 0 Å². The molecule has 0 spiro atoms. The molecular weight excluding hydrogens is 400 g/mol. The Kier molecular flexibility index (Phi) is 5.75. The summed E-state index contributed by atoms with van der Waals surface area (Å²) in [6.45, 7) is 2.71. The summed E-state index contributed by atoms with van der Waals surface area (Å²) in [4.78, 5) is 4.37. The number of hydrogen-bond donors (Lipinski definition) is 0. The van der Waals surface area contributed by atoms with Crippen LogP contribution in [0.5, 0.6) is 5.75 Å². The summed E-state index contributed by atoms with van der Waals surface area (Å²) in [7, 11) is -1.25. The van der Waals surface area contributed by atoms with Crippen molar-refractivity contribution in [1.82, 2.24) is 10.1 Å². The van der Waals surface area contributed by atoms with Gasteiger partial charge in [-0.15, -0.1) is 0 Å². The number of aromatic nitrogens is 2. The summed E-state index contributed by atoms with van der Waals surface area (Å²) < 4.78 is 28.8. The van der Waals surface area contributed by atoms with Crippen molar-refractivity contribution in [2.24, 2.45) is 0 Å². The molecule has 1 aromatic heterocycles. The van der Waals surface area contributed by atoms with Gasteiger partial charge in [0.1, 0.15) is 11.5 Å². The van der Waals surface area contributed by atoms with Gasteiger partial charge < -0.3 is 14.0 Å². The van der Waals surface area contributed by atoms with Gasteiger partial charge in [-0.25, -0.2) is 0 Å². The minimum absolute atomic E-state index is 0.165. The molecule has 0 aliphatic carbocycles. The van der Waals surface area contributed by atoms with E-state index in [9.17, 15) is 4.21 Å². The quantitative estimate of drug-likeness (QED) is 0.595. The van der Waals surface area contributed by atoms with Gasteiger partial charge in [0.05, 0.1) is 12.4 Å². The summed E-state index contributed by atoms with van der Waals surface area (Å²) in [5, 5.41) is 4.57. The largest absolute Gasteiger partial charge is 0.467 e. The van der Waals surface area contributed by atoms with E-state index in [-0.39, 0.29) is 18.3 Å². The first-order chi connectivity index (χ1) is 13.6. The zero-order chi connectivity index (χ0) is 19.5. The smallest absolute Gasteiger partial charge is 0.239 e. The molecule has 0 saturated carbocycles. The first-order valence-corrected chi connectivity index (χ1v) is 10.8. The third-order valence-corrected chi connectivity index (χ3v) is 5.86. The molecule has 2 heterocycles. The van der Waals surface area contributed by atoms with E-state index in [4.69, 9.17) is 25.6 Å². The number of benzene rings is 2. The molecule has 6 nitrogen and oxygen atoms in total. The Hall–Kier alpha value is -2.22. The molecule has 146 valence electrons. The van der Waals surface area contributed by atoms with Crippen molar-refractivity contribution in [3.63, 3.8) is 0 Å². The lowest BCUT2D eigenvalue weighted by atomic mass is 10.1. The van der Waals surface area contributed by atoms with Crippen molar-refractivity contribution in [3.8, 4) is 17.1 Å². The molecule has 1 atom stereocenters. The SMILES string of the molecule is CCc1ccc(-c2noc(CS(=O)Cc3cc(Cl)cc4c3OCOC4)n2)cc1. The molecule has 28 heavy (non-hydrogen) atoms. The minimum Gasteiger partial charge on any atom is -0.467 e. The first-order valence-electron chi connectivity index (χ1n) is 8.91. The topological polar surface area (TPSA) is 74.5 Å². The highest BCUT2D eigenvalue weighted by Gasteiger charge is 2.19. The molecule has 4 rings (SSSR count). The minimum atomic E-state index is -1.25. The van der Waals surface area contributed by atoms with Crippen molar-refractivity contribution in [2.75, 3.05) is 6.79 Å². The Morgan fingerprint density at radius 3 is 2.79 bits per heavy atom. The van der Waals surface area contributed by atoms with Gasteiger partial charge in [0.25, 0.3) is 0 Å². The molecular formula is C20H19ClN2O4S. The molecule has 0 amide bonds. The molecule has 0 N–H and O–H groups in total. The van der Waals surface area contributed by atoms with Crippen molar-refractivity contribution in [1.29, 1.82) is 0 Å². The second kappa shape index (κ2) is 8.43. The van der Waals surface area contributed by atoms with Gasteiger partial charge in [0.15, 0.2) is 6.79 Å². The van der Waals surface area contributed by atoms with E-state index in [1.165, 1.54) is 5.56 Å². The highest BCUT2D eigenvalue weighted by molar-refractivity contribution is 7.83. The van der Waals surface area contributed by atoms with E-state index in [1.807, 2.05) is 24.3 Å². The molecule has 2 aromatic carbocycles. The Balaban J connectivity index is 1.46. The number of rotatable bonds is 6. The molecule has 1 unspecified atom stereocenters. The lowest BCUT2D eigenvalue weighted by Gasteiger charge is -2.20. The van der Waals surface area contributed by atoms with Crippen LogP contribution in [0.15, 0.2) is 40.9 Å². The van der Waals surface area contributed by atoms with Crippen molar-refractivity contribution in [3.05, 3.63) is 64.0 Å². The molecule has 0 saturated heterocycles. The highest BCUT2D eigenvalue weighted by atomic mass is 35.5. The van der Waals surface area contributed by atoms with Crippen LogP contribution in [0, 0.1) is 0 Å². The molecule has 3 aromatic rings. The average molecular weight is 419 g/mol. The van der Waals surface area contributed by atoms with Crippen molar-refractivity contribution >= 4 is 22.4 Å². The summed E-state index contributed by atoms with van der Waals surface area (Å²) in [6.07, 6.45) is 0.972. The first kappa shape index (κ1) is 19.1. The number of halogens is 1. The fraction of sp³-hybridized carbons (Fsp3) is 0.300. The second-order valence-electron chi connectivity index (χ2n) is 6.45. The van der Waals surface area contributed by atoms with Gasteiger partial charge in [-0.1, -0.05) is 47.9 Å². The maximum absolute atomic E-state index is 12.7. The van der Waals surface area contributed by atoms with Crippen LogP contribution in [0.1, 0.15) is 29.5 Å². The summed E-state index contributed by atoms with van der Waals surface area (Å²) >= 11 is 6.17. The molecule has 0 bridgehead atoms. The van der Waals surface area contributed by atoms with Crippen LogP contribution in [0.25, 0.3) is 11.4 Å². The third kappa shape index (κ3) is 4.27. The molecule has 1 aliphatic heterocycles. The van der Waals surface area contributed by atoms with Gasteiger partial charge in [-0.2, -0.15) is 4.98 Å². The summed E-state index contributed by atoms with van der Waals surface area (Å²) in [6, 6.07) is 11.6. The third-order valence-electron chi connectivity index (χ3n) is 4.44. The Morgan fingerprint density at radius 2 is 2.00 bits per heavy atom. The van der Waals surface area contributed by atoms with E-state index in [1.54, 1.807) is 12.1 Å². The van der Waals surface area contributed by atoms with Gasteiger partial charge in [-0.3, -0.25) is 4.21 Å². The van der Waals surface area contributed by atoms with Crippen LogP contribution in [0.4, 0.5) is 0 Å². The summed E-state index contributed by atoms with van der Waals surface area (Å²) in [5.41, 5.74) is 3.77. The lowest BCUT2D eigenvalue weighted by molar-refractivity contribution is -0.0169. The number of hydrogen-bond acceptors (Lipinski definition) is 6. The lowest BCUT2D eigenvalue weighted by Crippen LogP contribution is -2.14. The zero-order valence-corrected chi connectivity index (χ0v) is 16.9. The predicted molar refractivity (Wildman–Crippen MR) is 106 cm³/mol. The number of aryl methyl sites for hydroxylation is 1. The van der Waals surface area contributed by atoms with Crippen molar-refractivity contribution < 1.29 is 18.2 Å². The van der Waals surface area contributed by atoms with Gasteiger partial charge in [-0.05, 0) is 24.1 Å². The van der Waals surface area contributed by atoms with E-state index >= 15 is 0 Å². The Bertz CT molecular complexity index is 1000. The number of fused-ring (bicyclic) bond motifs is 1.